The number of nitrogens with zero attached hydrogens (tertiary/aromatic N) is 5. The highest BCUT2D eigenvalue weighted by Gasteiger charge is 2.29. The van der Waals surface area contributed by atoms with Gasteiger partial charge in [0.15, 0.2) is 0 Å². The monoisotopic (exact) mass is 435 g/mol. The van der Waals surface area contributed by atoms with Crippen molar-refractivity contribution in [2.75, 3.05) is 33.2 Å². The van der Waals surface area contributed by atoms with E-state index >= 15 is 0 Å². The van der Waals surface area contributed by atoms with Gasteiger partial charge in [-0.15, -0.1) is 0 Å². The van der Waals surface area contributed by atoms with Gasteiger partial charge in [-0.3, -0.25) is 14.5 Å². The first-order valence-corrected chi connectivity index (χ1v) is 11.0. The lowest BCUT2D eigenvalue weighted by Crippen LogP contribution is -2.47. The molecule has 0 bridgehead atoms. The third-order valence-electron chi connectivity index (χ3n) is 5.85. The van der Waals surface area contributed by atoms with Gasteiger partial charge in [-0.05, 0) is 69.8 Å². The Balaban J connectivity index is 1.84. The van der Waals surface area contributed by atoms with E-state index in [9.17, 15) is 9.18 Å². The van der Waals surface area contributed by atoms with Crippen LogP contribution >= 0.6 is 0 Å². The molecule has 3 aromatic rings. The highest BCUT2D eigenvalue weighted by atomic mass is 19.1. The van der Waals surface area contributed by atoms with Gasteiger partial charge in [0.2, 0.25) is 5.91 Å². The highest BCUT2D eigenvalue weighted by molar-refractivity contribution is 5.87. The third kappa shape index (κ3) is 4.58. The number of hydrogen-bond donors (Lipinski definition) is 0. The summed E-state index contributed by atoms with van der Waals surface area (Å²) in [6, 6.07) is 10.3. The van der Waals surface area contributed by atoms with Gasteiger partial charge in [-0.25, -0.2) is 4.39 Å². The largest absolute Gasteiger partial charge is 0.340 e. The smallest absolute Gasteiger partial charge is 0.228 e. The number of amides is 1. The van der Waals surface area contributed by atoms with Crippen LogP contribution < -0.4 is 0 Å². The maximum absolute atomic E-state index is 13.7. The van der Waals surface area contributed by atoms with Crippen LogP contribution in [-0.4, -0.2) is 63.7 Å². The van der Waals surface area contributed by atoms with E-state index in [-0.39, 0.29) is 23.7 Å². The minimum absolute atomic E-state index is 0.0811. The molecule has 1 aliphatic rings. The number of halogens is 1. The Morgan fingerprint density at radius 2 is 1.59 bits per heavy atom. The van der Waals surface area contributed by atoms with Crippen LogP contribution in [0.2, 0.25) is 0 Å². The molecular weight excluding hydrogens is 405 g/mol. The van der Waals surface area contributed by atoms with Gasteiger partial charge in [-0.1, -0.05) is 0 Å². The first-order chi connectivity index (χ1) is 15.2. The van der Waals surface area contributed by atoms with Gasteiger partial charge in [-0.2, -0.15) is 5.10 Å². The highest BCUT2D eigenvalue weighted by Crippen LogP contribution is 2.38. The minimum atomic E-state index is -0.333. The van der Waals surface area contributed by atoms with Gasteiger partial charge in [0.25, 0.3) is 0 Å². The van der Waals surface area contributed by atoms with Crippen molar-refractivity contribution in [1.29, 1.82) is 0 Å². The van der Waals surface area contributed by atoms with E-state index in [4.69, 9.17) is 5.10 Å². The predicted octanol–water partition coefficient (Wildman–Crippen LogP) is 3.82. The minimum Gasteiger partial charge on any atom is -0.340 e. The zero-order valence-corrected chi connectivity index (χ0v) is 19.2. The number of pyridine rings is 1. The average molecular weight is 436 g/mol. The molecule has 0 N–H and O–H groups in total. The second-order valence-electron chi connectivity index (χ2n) is 9.36. The van der Waals surface area contributed by atoms with Crippen LogP contribution in [0.4, 0.5) is 4.39 Å². The van der Waals surface area contributed by atoms with Crippen molar-refractivity contribution in [3.63, 3.8) is 0 Å². The molecule has 0 saturated carbocycles. The molecule has 0 unspecified atom stereocenters. The Morgan fingerprint density at radius 3 is 2.19 bits per heavy atom. The Hall–Kier alpha value is -3.06. The topological polar surface area (TPSA) is 54.3 Å². The van der Waals surface area contributed by atoms with Crippen LogP contribution in [0.5, 0.6) is 0 Å². The van der Waals surface area contributed by atoms with Crippen LogP contribution in [0.3, 0.4) is 0 Å². The lowest BCUT2D eigenvalue weighted by molar-refractivity contribution is -0.132. The van der Waals surface area contributed by atoms with Crippen LogP contribution in [0.1, 0.15) is 26.5 Å². The molecule has 1 saturated heterocycles. The summed E-state index contributed by atoms with van der Waals surface area (Å²) >= 11 is 0. The third-order valence-corrected chi connectivity index (χ3v) is 5.85. The summed E-state index contributed by atoms with van der Waals surface area (Å²) in [6.45, 7) is 9.44. The predicted molar refractivity (Wildman–Crippen MR) is 124 cm³/mol. The molecule has 6 nitrogen and oxygen atoms in total. The number of likely N-dealkylation sites (N-methyl/N-ethyl adjacent to an activating group) is 1. The van der Waals surface area contributed by atoms with Crippen molar-refractivity contribution < 1.29 is 9.18 Å². The van der Waals surface area contributed by atoms with Gasteiger partial charge in [0.1, 0.15) is 5.82 Å². The summed E-state index contributed by atoms with van der Waals surface area (Å²) in [6.07, 6.45) is 3.70. The lowest BCUT2D eigenvalue weighted by atomic mass is 9.97. The number of aromatic nitrogens is 3. The van der Waals surface area contributed by atoms with Crippen molar-refractivity contribution in [1.82, 2.24) is 24.6 Å². The molecule has 168 valence electrons. The average Bonchev–Trinajstić information content (AvgIpc) is 3.15. The van der Waals surface area contributed by atoms with Crippen LogP contribution in [0, 0.1) is 5.82 Å². The summed E-state index contributed by atoms with van der Waals surface area (Å²) < 4.78 is 15.6. The first kappa shape index (κ1) is 22.1. The zero-order valence-electron chi connectivity index (χ0n) is 19.2. The summed E-state index contributed by atoms with van der Waals surface area (Å²) in [5.74, 6) is -0.205. The number of piperazine rings is 1. The maximum atomic E-state index is 13.7. The molecule has 0 aliphatic carbocycles. The van der Waals surface area contributed by atoms with E-state index < -0.39 is 0 Å². The summed E-state index contributed by atoms with van der Waals surface area (Å²) in [7, 11) is 2.07. The number of carbonyl (C=O) groups is 1. The van der Waals surface area contributed by atoms with E-state index in [0.717, 1.165) is 54.3 Å². The van der Waals surface area contributed by atoms with E-state index in [1.54, 1.807) is 24.5 Å². The zero-order chi connectivity index (χ0) is 22.9. The van der Waals surface area contributed by atoms with Crippen molar-refractivity contribution >= 4 is 5.91 Å². The Labute approximate surface area is 188 Å². The van der Waals surface area contributed by atoms with Crippen molar-refractivity contribution in [2.45, 2.75) is 32.7 Å². The Morgan fingerprint density at radius 1 is 0.969 bits per heavy atom. The molecule has 0 atom stereocenters. The fourth-order valence-electron chi connectivity index (χ4n) is 4.08. The van der Waals surface area contributed by atoms with E-state index in [1.165, 1.54) is 12.1 Å². The van der Waals surface area contributed by atoms with Gasteiger partial charge < -0.3 is 9.80 Å². The standard InChI is InChI=1S/C25H30FN5O/c1-25(2,3)31-24(19-5-7-20(26)8-6-19)23(18-9-11-27-12-10-18)21(28-31)17-22(32)30-15-13-29(4)14-16-30/h5-12H,13-17H2,1-4H3. The van der Waals surface area contributed by atoms with Gasteiger partial charge >= 0.3 is 0 Å². The lowest BCUT2D eigenvalue weighted by Gasteiger charge is -2.32. The van der Waals surface area contributed by atoms with Crippen molar-refractivity contribution in [2.24, 2.45) is 0 Å². The molecular formula is C25H30FN5O. The molecule has 32 heavy (non-hydrogen) atoms. The number of benzene rings is 1. The summed E-state index contributed by atoms with van der Waals surface area (Å²) in [4.78, 5) is 21.5. The number of carbonyl (C=O) groups excluding carboxylic acids is 1. The van der Waals surface area contributed by atoms with Crippen LogP contribution in [-0.2, 0) is 16.8 Å². The van der Waals surface area contributed by atoms with Crippen LogP contribution in [0.25, 0.3) is 22.4 Å². The van der Waals surface area contributed by atoms with Crippen LogP contribution in [0.15, 0.2) is 48.8 Å². The molecule has 0 spiro atoms. The fraction of sp³-hybridized carbons (Fsp3) is 0.400. The first-order valence-electron chi connectivity index (χ1n) is 11.0. The fourth-order valence-corrected chi connectivity index (χ4v) is 4.08. The molecule has 3 heterocycles. The molecule has 4 rings (SSSR count). The summed E-state index contributed by atoms with van der Waals surface area (Å²) in [5, 5.41) is 4.95. The van der Waals surface area contributed by atoms with Gasteiger partial charge in [0.05, 0.1) is 23.3 Å². The molecule has 7 heteroatoms. The quantitative estimate of drug-likeness (QED) is 0.625. The molecule has 1 aliphatic heterocycles. The Bertz CT molecular complexity index is 1080. The normalized spacial score (nSPS) is 15.2. The molecule has 2 aromatic heterocycles. The van der Waals surface area contributed by atoms with Crippen molar-refractivity contribution in [3.05, 3.63) is 60.3 Å². The maximum Gasteiger partial charge on any atom is 0.228 e. The van der Waals surface area contributed by atoms with Gasteiger partial charge in [0, 0.05) is 49.7 Å². The van der Waals surface area contributed by atoms with E-state index in [0.29, 0.717) is 0 Å². The van der Waals surface area contributed by atoms with E-state index in [1.807, 2.05) is 21.7 Å². The molecule has 1 amide bonds. The SMILES string of the molecule is CN1CCN(C(=O)Cc2nn(C(C)(C)C)c(-c3ccc(F)cc3)c2-c2ccncc2)CC1. The second kappa shape index (κ2) is 8.82. The number of hydrogen-bond acceptors (Lipinski definition) is 4. The summed E-state index contributed by atoms with van der Waals surface area (Å²) in [5.41, 5.74) is 3.98. The number of rotatable bonds is 4. The molecule has 1 aromatic carbocycles. The van der Waals surface area contributed by atoms with Crippen molar-refractivity contribution in [3.8, 4) is 22.4 Å². The molecule has 0 radical (unpaired) electrons. The second-order valence-corrected chi connectivity index (χ2v) is 9.36. The van der Waals surface area contributed by atoms with E-state index in [2.05, 4.69) is 37.7 Å². The molecule has 1 fully saturated rings. The Kier molecular flexibility index (Phi) is 6.11.